The fraction of sp³-hybridized carbons (Fsp3) is 1.00. The van der Waals surface area contributed by atoms with E-state index < -0.39 is 0 Å². The second-order valence-corrected chi connectivity index (χ2v) is 1.94. The zero-order valence-corrected chi connectivity index (χ0v) is 4.43. The van der Waals surface area contributed by atoms with Gasteiger partial charge in [-0.05, 0) is 12.8 Å². The predicted molar refractivity (Wildman–Crippen MR) is 29.1 cm³/mol. The van der Waals surface area contributed by atoms with Crippen LogP contribution in [0.3, 0.4) is 0 Å². The minimum atomic E-state index is 0.500. The number of hydrogen-bond donors (Lipinski definition) is 1. The van der Waals surface area contributed by atoms with Gasteiger partial charge in [0.05, 0.1) is 0 Å². The van der Waals surface area contributed by atoms with E-state index in [1.54, 1.807) is 0 Å². The second-order valence-electron chi connectivity index (χ2n) is 1.94. The van der Waals surface area contributed by atoms with Gasteiger partial charge in [-0.1, -0.05) is 0 Å². The van der Waals surface area contributed by atoms with E-state index in [9.17, 15) is 0 Å². The third-order valence-corrected chi connectivity index (χ3v) is 1.35. The summed E-state index contributed by atoms with van der Waals surface area (Å²) >= 11 is 0. The number of hydrogen-bond acceptors (Lipinski definition) is 1. The van der Waals surface area contributed by atoms with Crippen LogP contribution in [-0.4, -0.2) is 19.1 Å². The highest BCUT2D eigenvalue weighted by Crippen LogP contribution is 2.03. The van der Waals surface area contributed by atoms with Gasteiger partial charge in [-0.3, -0.25) is 0 Å². The summed E-state index contributed by atoms with van der Waals surface area (Å²) in [5.74, 6) is 0. The van der Waals surface area contributed by atoms with E-state index in [4.69, 9.17) is 5.73 Å². The molecule has 41 valence electrons. The molecule has 7 heavy (non-hydrogen) atoms. The van der Waals surface area contributed by atoms with Crippen LogP contribution in [0, 0.1) is 0 Å². The molecular formula is C5H11N2. The Morgan fingerprint density at radius 2 is 2.57 bits per heavy atom. The highest BCUT2D eigenvalue weighted by Gasteiger charge is 2.11. The SMILES string of the molecule is NC[C@@H]1CCC[N]1. The summed E-state index contributed by atoms with van der Waals surface area (Å²) in [5.41, 5.74) is 5.34. The van der Waals surface area contributed by atoms with E-state index in [2.05, 4.69) is 5.32 Å². The van der Waals surface area contributed by atoms with Crippen LogP contribution in [-0.2, 0) is 0 Å². The Bertz CT molecular complexity index is 48.0. The van der Waals surface area contributed by atoms with Crippen molar-refractivity contribution in [1.29, 1.82) is 0 Å². The molecule has 1 atom stereocenters. The molecule has 0 unspecified atom stereocenters. The third-order valence-electron chi connectivity index (χ3n) is 1.35. The van der Waals surface area contributed by atoms with Crippen molar-refractivity contribution < 1.29 is 0 Å². The number of nitrogens with zero attached hydrogens (tertiary/aromatic N) is 1. The Balaban J connectivity index is 2.14. The van der Waals surface area contributed by atoms with Crippen molar-refractivity contribution in [1.82, 2.24) is 5.32 Å². The summed E-state index contributed by atoms with van der Waals surface area (Å²) in [6.45, 7) is 1.79. The standard InChI is InChI=1S/C5H11N2/c6-4-5-2-1-3-7-5/h5H,1-4,6H2/t5-/m0/s1. The average molecular weight is 99.2 g/mol. The molecule has 1 aliphatic rings. The van der Waals surface area contributed by atoms with Crippen LogP contribution in [0.2, 0.25) is 0 Å². The number of nitrogens with two attached hydrogens (primary N) is 1. The Kier molecular flexibility index (Phi) is 1.65. The largest absolute Gasteiger partial charge is 0.329 e. The molecular weight excluding hydrogens is 88.1 g/mol. The fourth-order valence-electron chi connectivity index (χ4n) is 0.884. The molecule has 2 N–H and O–H groups in total. The summed E-state index contributed by atoms with van der Waals surface area (Å²) < 4.78 is 0. The minimum Gasteiger partial charge on any atom is -0.329 e. The lowest BCUT2D eigenvalue weighted by molar-refractivity contribution is 0.606. The van der Waals surface area contributed by atoms with Gasteiger partial charge < -0.3 is 5.73 Å². The molecule has 0 aliphatic carbocycles. The summed E-state index contributed by atoms with van der Waals surface area (Å²) in [6.07, 6.45) is 2.47. The van der Waals surface area contributed by atoms with Crippen molar-refractivity contribution in [2.75, 3.05) is 13.1 Å². The quantitative estimate of drug-likeness (QED) is 0.482. The second kappa shape index (κ2) is 2.28. The van der Waals surface area contributed by atoms with Crippen LogP contribution in [0.15, 0.2) is 0 Å². The van der Waals surface area contributed by atoms with E-state index in [0.717, 1.165) is 13.1 Å². The van der Waals surface area contributed by atoms with Crippen LogP contribution >= 0.6 is 0 Å². The Morgan fingerprint density at radius 1 is 1.71 bits per heavy atom. The third kappa shape index (κ3) is 1.14. The van der Waals surface area contributed by atoms with E-state index in [1.165, 1.54) is 12.8 Å². The molecule has 0 saturated carbocycles. The lowest BCUT2D eigenvalue weighted by Crippen LogP contribution is -2.24. The van der Waals surface area contributed by atoms with Gasteiger partial charge in [0.2, 0.25) is 0 Å². The summed E-state index contributed by atoms with van der Waals surface area (Å²) in [6, 6.07) is 0.500. The zero-order chi connectivity index (χ0) is 5.11. The summed E-state index contributed by atoms with van der Waals surface area (Å²) in [7, 11) is 0. The normalized spacial score (nSPS) is 31.3. The van der Waals surface area contributed by atoms with Gasteiger partial charge in [0.15, 0.2) is 0 Å². The topological polar surface area (TPSA) is 40.1 Å². The molecule has 0 amide bonds. The van der Waals surface area contributed by atoms with Crippen LogP contribution in [0.1, 0.15) is 12.8 Å². The highest BCUT2D eigenvalue weighted by atomic mass is 15.0. The predicted octanol–water partition coefficient (Wildman–Crippen LogP) is -0.288. The van der Waals surface area contributed by atoms with E-state index >= 15 is 0 Å². The highest BCUT2D eigenvalue weighted by molar-refractivity contribution is 4.73. The van der Waals surface area contributed by atoms with Gasteiger partial charge in [-0.2, -0.15) is 0 Å². The molecule has 1 radical (unpaired) electrons. The van der Waals surface area contributed by atoms with Crippen LogP contribution in [0.5, 0.6) is 0 Å². The van der Waals surface area contributed by atoms with Gasteiger partial charge in [0, 0.05) is 19.1 Å². The summed E-state index contributed by atoms with van der Waals surface area (Å²) in [4.78, 5) is 0. The fourth-order valence-corrected chi connectivity index (χ4v) is 0.884. The molecule has 1 fully saturated rings. The maximum atomic E-state index is 5.34. The first kappa shape index (κ1) is 5.06. The average Bonchev–Trinajstić information content (AvgIpc) is 2.14. The van der Waals surface area contributed by atoms with Gasteiger partial charge in [-0.25, -0.2) is 5.32 Å². The number of rotatable bonds is 1. The zero-order valence-electron chi connectivity index (χ0n) is 4.43. The maximum absolute atomic E-state index is 5.34. The molecule has 2 heteroatoms. The van der Waals surface area contributed by atoms with Crippen LogP contribution in [0.4, 0.5) is 0 Å². The van der Waals surface area contributed by atoms with Crippen LogP contribution in [0.25, 0.3) is 0 Å². The molecule has 1 saturated heterocycles. The van der Waals surface area contributed by atoms with Crippen molar-refractivity contribution in [3.8, 4) is 0 Å². The molecule has 1 aliphatic heterocycles. The lowest BCUT2D eigenvalue weighted by Gasteiger charge is -1.99. The monoisotopic (exact) mass is 99.1 g/mol. The van der Waals surface area contributed by atoms with Crippen molar-refractivity contribution in [3.63, 3.8) is 0 Å². The maximum Gasteiger partial charge on any atom is 0.0369 e. The molecule has 0 aromatic rings. The van der Waals surface area contributed by atoms with Gasteiger partial charge >= 0.3 is 0 Å². The smallest absolute Gasteiger partial charge is 0.0369 e. The first-order chi connectivity index (χ1) is 3.43. The molecule has 1 rings (SSSR count). The minimum absolute atomic E-state index is 0.500. The molecule has 0 aromatic heterocycles. The molecule has 0 aromatic carbocycles. The Hall–Kier alpha value is -0.0800. The van der Waals surface area contributed by atoms with Gasteiger partial charge in [0.25, 0.3) is 0 Å². The van der Waals surface area contributed by atoms with Crippen molar-refractivity contribution >= 4 is 0 Å². The van der Waals surface area contributed by atoms with Gasteiger partial charge in [-0.15, -0.1) is 0 Å². The van der Waals surface area contributed by atoms with Crippen molar-refractivity contribution in [2.45, 2.75) is 18.9 Å². The Morgan fingerprint density at radius 3 is 2.86 bits per heavy atom. The lowest BCUT2D eigenvalue weighted by atomic mass is 10.2. The van der Waals surface area contributed by atoms with Crippen LogP contribution < -0.4 is 11.1 Å². The summed E-state index contributed by atoms with van der Waals surface area (Å²) in [5, 5.41) is 4.23. The van der Waals surface area contributed by atoms with E-state index in [1.807, 2.05) is 0 Å². The first-order valence-corrected chi connectivity index (χ1v) is 2.80. The molecule has 2 nitrogen and oxygen atoms in total. The molecule has 0 spiro atoms. The van der Waals surface area contributed by atoms with E-state index in [0.29, 0.717) is 6.04 Å². The van der Waals surface area contributed by atoms with Crippen molar-refractivity contribution in [2.24, 2.45) is 5.73 Å². The van der Waals surface area contributed by atoms with Crippen molar-refractivity contribution in [3.05, 3.63) is 0 Å². The molecule has 1 heterocycles. The first-order valence-electron chi connectivity index (χ1n) is 2.80. The van der Waals surface area contributed by atoms with E-state index in [-0.39, 0.29) is 0 Å². The molecule has 0 bridgehead atoms. The Labute approximate surface area is 44.1 Å². The van der Waals surface area contributed by atoms with Gasteiger partial charge in [0.1, 0.15) is 0 Å².